The van der Waals surface area contributed by atoms with Gasteiger partial charge in [0.05, 0.1) is 50.7 Å². The summed E-state index contributed by atoms with van der Waals surface area (Å²) in [4.78, 5) is 48.1. The normalized spacial score (nSPS) is 10.7. The predicted molar refractivity (Wildman–Crippen MR) is 207 cm³/mol. The van der Waals surface area contributed by atoms with Crippen LogP contribution in [0.4, 0.5) is 0 Å². The van der Waals surface area contributed by atoms with Gasteiger partial charge in [-0.2, -0.15) is 0 Å². The Hall–Kier alpha value is -6.02. The Bertz CT molecular complexity index is 1750. The second-order valence-electron chi connectivity index (χ2n) is 13.1. The Labute approximate surface area is 317 Å². The first-order valence-corrected chi connectivity index (χ1v) is 18.0. The largest absolute Gasteiger partial charge is 0.465 e. The Kier molecular flexibility index (Phi) is 13.9. The van der Waals surface area contributed by atoms with Crippen molar-refractivity contribution in [3.05, 3.63) is 176 Å². The smallest absolute Gasteiger partial charge is 0.337 e. The fraction of sp³-hybridized carbons (Fsp3) is 0.261. The van der Waals surface area contributed by atoms with Crippen molar-refractivity contribution in [2.75, 3.05) is 28.4 Å². The molecule has 8 heteroatoms. The summed E-state index contributed by atoms with van der Waals surface area (Å²) in [5.41, 5.74) is 11.6. The number of carbonyl (C=O) groups excluding carboxylic acids is 4. The zero-order valence-electron chi connectivity index (χ0n) is 31.3. The summed E-state index contributed by atoms with van der Waals surface area (Å²) in [5.74, 6) is -1.43. The highest BCUT2D eigenvalue weighted by atomic mass is 16.5. The van der Waals surface area contributed by atoms with Crippen molar-refractivity contribution >= 4 is 23.9 Å². The maximum atomic E-state index is 12.0. The third-order valence-corrected chi connectivity index (χ3v) is 9.75. The van der Waals surface area contributed by atoms with Crippen LogP contribution in [0.5, 0.6) is 0 Å². The molecule has 0 fully saturated rings. The van der Waals surface area contributed by atoms with Crippen molar-refractivity contribution in [3.63, 3.8) is 0 Å². The van der Waals surface area contributed by atoms with Gasteiger partial charge in [-0.3, -0.25) is 0 Å². The minimum atomic E-state index is -0.358. The molecule has 0 N–H and O–H groups in total. The lowest BCUT2D eigenvalue weighted by molar-refractivity contribution is 0.0592. The van der Waals surface area contributed by atoms with Crippen LogP contribution in [0.1, 0.15) is 85.9 Å². The molecule has 0 atom stereocenters. The molecule has 5 aromatic carbocycles. The molecule has 0 saturated carbocycles. The van der Waals surface area contributed by atoms with Crippen LogP contribution in [0.25, 0.3) is 0 Å². The van der Waals surface area contributed by atoms with E-state index in [0.29, 0.717) is 22.3 Å². The summed E-state index contributed by atoms with van der Waals surface area (Å²) in [6.07, 6.45) is 6.42. The van der Waals surface area contributed by atoms with E-state index in [4.69, 9.17) is 18.9 Å². The van der Waals surface area contributed by atoms with E-state index in [1.165, 1.54) is 50.7 Å². The number of carbonyl (C=O) groups is 4. The van der Waals surface area contributed by atoms with Crippen molar-refractivity contribution in [3.8, 4) is 0 Å². The van der Waals surface area contributed by atoms with Crippen LogP contribution in [0.3, 0.4) is 0 Å². The molecular weight excluding hydrogens is 680 g/mol. The highest BCUT2D eigenvalue weighted by molar-refractivity contribution is 5.90. The lowest BCUT2D eigenvalue weighted by Crippen LogP contribution is -2.08. The second kappa shape index (κ2) is 19.2. The molecule has 0 aliphatic heterocycles. The maximum Gasteiger partial charge on any atom is 0.337 e. The average Bonchev–Trinajstić information content (AvgIpc) is 3.23. The van der Waals surface area contributed by atoms with Crippen LogP contribution < -0.4 is 0 Å². The molecule has 0 aromatic heterocycles. The van der Waals surface area contributed by atoms with E-state index in [9.17, 15) is 19.2 Å². The molecule has 0 heterocycles. The van der Waals surface area contributed by atoms with Crippen molar-refractivity contribution in [1.29, 1.82) is 0 Å². The van der Waals surface area contributed by atoms with E-state index in [0.717, 1.165) is 73.6 Å². The first-order valence-electron chi connectivity index (χ1n) is 18.0. The summed E-state index contributed by atoms with van der Waals surface area (Å²) in [6.45, 7) is 0. The maximum absolute atomic E-state index is 12.0. The van der Waals surface area contributed by atoms with E-state index < -0.39 is 0 Å². The second-order valence-corrected chi connectivity index (χ2v) is 13.1. The minimum absolute atomic E-state index is 0.358. The van der Waals surface area contributed by atoms with Crippen LogP contribution in [0.15, 0.2) is 109 Å². The lowest BCUT2D eigenvalue weighted by atomic mass is 9.87. The van der Waals surface area contributed by atoms with Gasteiger partial charge in [0, 0.05) is 0 Å². The molecule has 5 rings (SSSR count). The highest BCUT2D eigenvalue weighted by Gasteiger charge is 2.14. The number of methoxy groups -OCH3 is 4. The topological polar surface area (TPSA) is 105 Å². The molecule has 5 aromatic rings. The molecule has 0 amide bonds. The number of aryl methyl sites for hydroxylation is 8. The Morgan fingerprint density at radius 1 is 0.315 bits per heavy atom. The van der Waals surface area contributed by atoms with Gasteiger partial charge in [0.2, 0.25) is 0 Å². The summed E-state index contributed by atoms with van der Waals surface area (Å²) >= 11 is 0. The monoisotopic (exact) mass is 726 g/mol. The van der Waals surface area contributed by atoms with Crippen LogP contribution in [0.2, 0.25) is 0 Å². The molecule has 0 saturated heterocycles. The molecule has 278 valence electrons. The van der Waals surface area contributed by atoms with Crippen LogP contribution in [-0.4, -0.2) is 52.3 Å². The molecule has 8 nitrogen and oxygen atoms in total. The van der Waals surface area contributed by atoms with Crippen LogP contribution in [-0.2, 0) is 70.3 Å². The van der Waals surface area contributed by atoms with Gasteiger partial charge in [0.15, 0.2) is 0 Å². The van der Waals surface area contributed by atoms with Gasteiger partial charge in [0.1, 0.15) is 0 Å². The van der Waals surface area contributed by atoms with Gasteiger partial charge in [-0.25, -0.2) is 19.2 Å². The first-order chi connectivity index (χ1) is 26.2. The number of benzene rings is 5. The minimum Gasteiger partial charge on any atom is -0.465 e. The summed E-state index contributed by atoms with van der Waals surface area (Å²) in [6, 6.07) is 35.0. The third-order valence-electron chi connectivity index (χ3n) is 9.75. The van der Waals surface area contributed by atoms with Gasteiger partial charge in [-0.1, -0.05) is 60.7 Å². The number of rotatable bonds is 16. The number of esters is 4. The summed E-state index contributed by atoms with van der Waals surface area (Å²) in [5, 5.41) is 0. The predicted octanol–water partition coefficient (Wildman–Crippen LogP) is 7.97. The molecule has 0 spiro atoms. The van der Waals surface area contributed by atoms with Crippen molar-refractivity contribution in [1.82, 2.24) is 0 Å². The molecule has 0 aliphatic carbocycles. The van der Waals surface area contributed by atoms with Crippen molar-refractivity contribution < 1.29 is 38.1 Å². The molecule has 54 heavy (non-hydrogen) atoms. The zero-order chi connectivity index (χ0) is 38.5. The fourth-order valence-electron chi connectivity index (χ4n) is 6.54. The van der Waals surface area contributed by atoms with E-state index in [1.54, 1.807) is 48.5 Å². The summed E-state index contributed by atoms with van der Waals surface area (Å²) < 4.78 is 19.5. The van der Waals surface area contributed by atoms with Crippen molar-refractivity contribution in [2.24, 2.45) is 0 Å². The van der Waals surface area contributed by atoms with Gasteiger partial charge in [-0.05, 0) is 144 Å². The standard InChI is InChI=1S/C46H46O8/c1-51-43(47)35-17-5-31(6-18-35)13-25-39-29-41(27-15-33-9-21-37(22-10-33)45(49)53-3)42(28-16-34-11-23-38(24-12-34)46(50)54-4)30-40(39)26-14-32-7-19-36(20-8-32)44(48)52-2/h5-12,17-24,29-30H,13-16,25-28H2,1-4H3. The van der Waals surface area contributed by atoms with Gasteiger partial charge in [-0.15, -0.1) is 0 Å². The Morgan fingerprint density at radius 3 is 0.667 bits per heavy atom. The Morgan fingerprint density at radius 2 is 0.500 bits per heavy atom. The van der Waals surface area contributed by atoms with E-state index in [1.807, 2.05) is 48.5 Å². The average molecular weight is 727 g/mol. The molecular formula is C46H46O8. The van der Waals surface area contributed by atoms with Crippen LogP contribution in [0, 0.1) is 0 Å². The lowest BCUT2D eigenvalue weighted by Gasteiger charge is -2.18. The van der Waals surface area contributed by atoms with Gasteiger partial charge in [0.25, 0.3) is 0 Å². The molecule has 0 radical (unpaired) electrons. The van der Waals surface area contributed by atoms with E-state index >= 15 is 0 Å². The summed E-state index contributed by atoms with van der Waals surface area (Å²) in [7, 11) is 5.52. The quantitative estimate of drug-likeness (QED) is 0.0745. The molecule has 0 aliphatic rings. The van der Waals surface area contributed by atoms with Gasteiger partial charge >= 0.3 is 23.9 Å². The third kappa shape index (κ3) is 10.5. The SMILES string of the molecule is COC(=O)c1ccc(CCc2cc(CCc3ccc(C(=O)OC)cc3)c(CCc3ccc(C(=O)OC)cc3)cc2CCc2ccc(C(=O)OC)cc2)cc1. The van der Waals surface area contributed by atoms with Gasteiger partial charge < -0.3 is 18.9 Å². The number of hydrogen-bond donors (Lipinski definition) is 0. The molecule has 0 unspecified atom stereocenters. The Balaban J connectivity index is 1.45. The molecule has 0 bridgehead atoms. The van der Waals surface area contributed by atoms with E-state index in [-0.39, 0.29) is 23.9 Å². The fourth-order valence-corrected chi connectivity index (χ4v) is 6.54. The number of ether oxygens (including phenoxy) is 4. The zero-order valence-corrected chi connectivity index (χ0v) is 31.3. The number of hydrogen-bond acceptors (Lipinski definition) is 8. The highest BCUT2D eigenvalue weighted by Crippen LogP contribution is 2.25. The van der Waals surface area contributed by atoms with Crippen LogP contribution >= 0.6 is 0 Å². The van der Waals surface area contributed by atoms with Crippen molar-refractivity contribution in [2.45, 2.75) is 51.4 Å². The first kappa shape index (κ1) is 39.2. The van der Waals surface area contributed by atoms with E-state index in [2.05, 4.69) is 12.1 Å².